The van der Waals surface area contributed by atoms with Crippen LogP contribution >= 0.6 is 0 Å². The van der Waals surface area contributed by atoms with Crippen molar-refractivity contribution < 1.29 is 27.2 Å². The summed E-state index contributed by atoms with van der Waals surface area (Å²) in [6, 6.07) is 9.17. The SMILES string of the molecule is CS(=O)(=O)Nc1cccc(CN2CCN(c3cc(F)cc4c3CN(C3CCC(=O)NC3=O)C4=O)CC2)c1. The van der Waals surface area contributed by atoms with Crippen LogP contribution in [0.25, 0.3) is 0 Å². The number of fused-ring (bicyclic) bond motifs is 1. The monoisotopic (exact) mass is 529 g/mol. The molecule has 10 nitrogen and oxygen atoms in total. The molecule has 3 heterocycles. The van der Waals surface area contributed by atoms with Gasteiger partial charge in [-0.05, 0) is 36.2 Å². The Morgan fingerprint density at radius 2 is 1.84 bits per heavy atom. The Morgan fingerprint density at radius 1 is 1.08 bits per heavy atom. The van der Waals surface area contributed by atoms with Crippen LogP contribution in [-0.2, 0) is 32.7 Å². The summed E-state index contributed by atoms with van der Waals surface area (Å²) in [5.41, 5.74) is 3.09. The molecule has 2 N–H and O–H groups in total. The minimum atomic E-state index is -3.36. The van der Waals surface area contributed by atoms with Crippen LogP contribution in [0.2, 0.25) is 0 Å². The third-order valence-electron chi connectivity index (χ3n) is 6.95. The van der Waals surface area contributed by atoms with Gasteiger partial charge in [0.1, 0.15) is 11.9 Å². The molecule has 12 heteroatoms. The molecule has 0 bridgehead atoms. The van der Waals surface area contributed by atoms with Gasteiger partial charge in [0.15, 0.2) is 0 Å². The molecule has 0 aromatic heterocycles. The van der Waals surface area contributed by atoms with Gasteiger partial charge in [-0.25, -0.2) is 12.8 Å². The Bertz CT molecular complexity index is 1370. The standard InChI is InChI=1S/C25H28FN5O5S/c1-37(35,36)28-18-4-2-3-16(11-18)14-29-7-9-30(10-8-29)22-13-17(26)12-19-20(22)15-31(25(19)34)21-5-6-23(32)27-24(21)33/h2-4,11-13,21,28H,5-10,14-15H2,1H3,(H,27,32,33). The number of hydrogen-bond acceptors (Lipinski definition) is 7. The van der Waals surface area contributed by atoms with Crippen molar-refractivity contribution >= 4 is 39.1 Å². The molecule has 3 aliphatic heterocycles. The molecule has 5 rings (SSSR count). The number of halogens is 1. The lowest BCUT2D eigenvalue weighted by Gasteiger charge is -2.37. The Balaban J connectivity index is 1.27. The average Bonchev–Trinajstić information content (AvgIpc) is 3.14. The van der Waals surface area contributed by atoms with Gasteiger partial charge in [-0.3, -0.25) is 29.3 Å². The Morgan fingerprint density at radius 3 is 2.54 bits per heavy atom. The number of anilines is 2. The highest BCUT2D eigenvalue weighted by molar-refractivity contribution is 7.92. The molecular formula is C25H28FN5O5S. The summed E-state index contributed by atoms with van der Waals surface area (Å²) in [5, 5.41) is 2.29. The van der Waals surface area contributed by atoms with E-state index < -0.39 is 33.7 Å². The third-order valence-corrected chi connectivity index (χ3v) is 7.55. The number of nitrogens with one attached hydrogen (secondary N) is 2. The lowest BCUT2D eigenvalue weighted by molar-refractivity contribution is -0.136. The van der Waals surface area contributed by atoms with Crippen molar-refractivity contribution in [3.63, 3.8) is 0 Å². The number of rotatable bonds is 6. The van der Waals surface area contributed by atoms with Crippen LogP contribution in [0.1, 0.15) is 34.3 Å². The molecular weight excluding hydrogens is 501 g/mol. The highest BCUT2D eigenvalue weighted by Crippen LogP contribution is 2.35. The molecule has 2 saturated heterocycles. The second kappa shape index (κ2) is 9.75. The van der Waals surface area contributed by atoms with Gasteiger partial charge in [0.05, 0.1) is 6.26 Å². The molecule has 0 spiro atoms. The van der Waals surface area contributed by atoms with Crippen LogP contribution in [0, 0.1) is 5.82 Å². The zero-order chi connectivity index (χ0) is 26.3. The van der Waals surface area contributed by atoms with Crippen LogP contribution in [0.4, 0.5) is 15.8 Å². The first kappa shape index (κ1) is 25.2. The molecule has 3 amide bonds. The van der Waals surface area contributed by atoms with Crippen molar-refractivity contribution in [2.24, 2.45) is 0 Å². The van der Waals surface area contributed by atoms with Crippen molar-refractivity contribution in [1.29, 1.82) is 0 Å². The quantitative estimate of drug-likeness (QED) is 0.541. The van der Waals surface area contributed by atoms with Crippen LogP contribution in [-0.4, -0.2) is 74.4 Å². The fourth-order valence-electron chi connectivity index (χ4n) is 5.24. The molecule has 1 atom stereocenters. The molecule has 2 fully saturated rings. The molecule has 2 aromatic rings. The first-order valence-electron chi connectivity index (χ1n) is 12.1. The molecule has 2 aromatic carbocycles. The zero-order valence-corrected chi connectivity index (χ0v) is 21.2. The second-order valence-electron chi connectivity index (χ2n) is 9.69. The molecule has 0 saturated carbocycles. The lowest BCUT2D eigenvalue weighted by atomic mass is 10.0. The molecule has 0 aliphatic carbocycles. The van der Waals surface area contributed by atoms with Gasteiger partial charge in [-0.15, -0.1) is 0 Å². The maximum absolute atomic E-state index is 14.6. The molecule has 37 heavy (non-hydrogen) atoms. The summed E-state index contributed by atoms with van der Waals surface area (Å²) in [6.07, 6.45) is 1.52. The number of benzene rings is 2. The first-order valence-corrected chi connectivity index (χ1v) is 14.0. The minimum absolute atomic E-state index is 0.160. The third kappa shape index (κ3) is 5.44. The predicted octanol–water partition coefficient (Wildman–Crippen LogP) is 1.28. The van der Waals surface area contributed by atoms with Crippen LogP contribution in [0.15, 0.2) is 36.4 Å². The number of imide groups is 1. The van der Waals surface area contributed by atoms with Gasteiger partial charge in [0.2, 0.25) is 21.8 Å². The van der Waals surface area contributed by atoms with Crippen LogP contribution in [0.3, 0.4) is 0 Å². The van der Waals surface area contributed by atoms with Crippen LogP contribution in [0.5, 0.6) is 0 Å². The number of hydrogen-bond donors (Lipinski definition) is 2. The van der Waals surface area contributed by atoms with E-state index in [0.29, 0.717) is 49.7 Å². The Hall–Kier alpha value is -3.51. The summed E-state index contributed by atoms with van der Waals surface area (Å²) < 4.78 is 40.1. The van der Waals surface area contributed by atoms with E-state index in [4.69, 9.17) is 0 Å². The maximum atomic E-state index is 14.6. The van der Waals surface area contributed by atoms with E-state index in [2.05, 4.69) is 19.8 Å². The number of piperazine rings is 1. The van der Waals surface area contributed by atoms with Gasteiger partial charge < -0.3 is 9.80 Å². The fourth-order valence-corrected chi connectivity index (χ4v) is 5.80. The maximum Gasteiger partial charge on any atom is 0.255 e. The van der Waals surface area contributed by atoms with Crippen molar-refractivity contribution in [3.05, 3.63) is 58.9 Å². The van der Waals surface area contributed by atoms with E-state index in [-0.39, 0.29) is 30.9 Å². The summed E-state index contributed by atoms with van der Waals surface area (Å²) in [6.45, 7) is 3.44. The summed E-state index contributed by atoms with van der Waals surface area (Å²) in [4.78, 5) is 42.7. The fraction of sp³-hybridized carbons (Fsp3) is 0.400. The number of nitrogens with zero attached hydrogens (tertiary/aromatic N) is 3. The Kier molecular flexibility index (Phi) is 6.63. The van der Waals surface area contributed by atoms with Crippen molar-refractivity contribution in [2.45, 2.75) is 32.0 Å². The number of carbonyl (C=O) groups is 3. The zero-order valence-electron chi connectivity index (χ0n) is 20.4. The minimum Gasteiger partial charge on any atom is -0.369 e. The van der Waals surface area contributed by atoms with E-state index in [0.717, 1.165) is 11.8 Å². The smallest absolute Gasteiger partial charge is 0.255 e. The first-order chi connectivity index (χ1) is 17.6. The van der Waals surface area contributed by atoms with Gasteiger partial charge in [0, 0.05) is 68.2 Å². The predicted molar refractivity (Wildman–Crippen MR) is 135 cm³/mol. The highest BCUT2D eigenvalue weighted by Gasteiger charge is 2.41. The van der Waals surface area contributed by atoms with Crippen LogP contribution < -0.4 is 14.9 Å². The second-order valence-corrected chi connectivity index (χ2v) is 11.4. The van der Waals surface area contributed by atoms with Gasteiger partial charge in [-0.2, -0.15) is 0 Å². The van der Waals surface area contributed by atoms with Crippen molar-refractivity contribution in [2.75, 3.05) is 42.1 Å². The summed E-state index contributed by atoms with van der Waals surface area (Å²) in [7, 11) is -3.36. The number of piperidine rings is 1. The summed E-state index contributed by atoms with van der Waals surface area (Å²) in [5.74, 6) is -1.76. The van der Waals surface area contributed by atoms with E-state index in [1.807, 2.05) is 12.1 Å². The number of carbonyl (C=O) groups excluding carboxylic acids is 3. The molecule has 3 aliphatic rings. The van der Waals surface area contributed by atoms with Gasteiger partial charge in [0.25, 0.3) is 5.91 Å². The Labute approximate surface area is 214 Å². The van der Waals surface area contributed by atoms with E-state index in [1.54, 1.807) is 12.1 Å². The van der Waals surface area contributed by atoms with Gasteiger partial charge >= 0.3 is 0 Å². The lowest BCUT2D eigenvalue weighted by Crippen LogP contribution is -2.52. The number of sulfonamides is 1. The van der Waals surface area contributed by atoms with Gasteiger partial charge in [-0.1, -0.05) is 12.1 Å². The largest absolute Gasteiger partial charge is 0.369 e. The highest BCUT2D eigenvalue weighted by atomic mass is 32.2. The van der Waals surface area contributed by atoms with E-state index in [1.165, 1.54) is 17.0 Å². The van der Waals surface area contributed by atoms with Crippen molar-refractivity contribution in [3.8, 4) is 0 Å². The topological polar surface area (TPSA) is 119 Å². The molecule has 1 unspecified atom stereocenters. The summed E-state index contributed by atoms with van der Waals surface area (Å²) >= 11 is 0. The molecule has 196 valence electrons. The average molecular weight is 530 g/mol. The van der Waals surface area contributed by atoms with Crippen molar-refractivity contribution in [1.82, 2.24) is 15.1 Å². The normalized spacial score (nSPS) is 20.7. The van der Waals surface area contributed by atoms with E-state index in [9.17, 15) is 27.2 Å². The molecule has 0 radical (unpaired) electrons. The van der Waals surface area contributed by atoms with E-state index >= 15 is 0 Å². The number of amides is 3.